The number of hydrogen-bond acceptors (Lipinski definition) is 5. The van der Waals surface area contributed by atoms with Crippen LogP contribution in [0.15, 0.2) is 48.8 Å². The normalized spacial score (nSPS) is 14.7. The summed E-state index contributed by atoms with van der Waals surface area (Å²) < 4.78 is 0. The smallest absolute Gasteiger partial charge is 0.329 e. The van der Waals surface area contributed by atoms with Gasteiger partial charge in [-0.3, -0.25) is 14.6 Å². The monoisotopic (exact) mass is 296 g/mol. The van der Waals surface area contributed by atoms with Gasteiger partial charge in [0.1, 0.15) is 0 Å². The molecule has 1 aliphatic heterocycles. The molecule has 1 atom stereocenters. The van der Waals surface area contributed by atoms with E-state index in [9.17, 15) is 14.4 Å². The van der Waals surface area contributed by atoms with Crippen LogP contribution < -0.4 is 0 Å². The molecule has 0 saturated heterocycles. The number of imide groups is 1. The van der Waals surface area contributed by atoms with Crippen molar-refractivity contribution < 1.29 is 19.2 Å². The van der Waals surface area contributed by atoms with E-state index in [-0.39, 0.29) is 11.1 Å². The van der Waals surface area contributed by atoms with Gasteiger partial charge < -0.3 is 4.84 Å². The fourth-order valence-electron chi connectivity index (χ4n) is 2.21. The van der Waals surface area contributed by atoms with Crippen molar-refractivity contribution in [3.05, 3.63) is 65.5 Å². The first-order valence-electron chi connectivity index (χ1n) is 6.69. The zero-order valence-electron chi connectivity index (χ0n) is 11.7. The SMILES string of the molecule is CC(C(=O)ON1C(=O)c2ccccc2C1=O)c1ccncc1. The molecule has 0 N–H and O–H groups in total. The quantitative estimate of drug-likeness (QED) is 0.809. The van der Waals surface area contributed by atoms with Crippen LogP contribution in [-0.4, -0.2) is 27.8 Å². The number of amides is 2. The first-order valence-corrected chi connectivity index (χ1v) is 6.69. The lowest BCUT2D eigenvalue weighted by molar-refractivity contribution is -0.170. The molecule has 0 bridgehead atoms. The highest BCUT2D eigenvalue weighted by molar-refractivity contribution is 6.20. The third-order valence-electron chi connectivity index (χ3n) is 3.50. The van der Waals surface area contributed by atoms with Gasteiger partial charge in [0, 0.05) is 12.4 Å². The minimum Gasteiger partial charge on any atom is -0.329 e. The summed E-state index contributed by atoms with van der Waals surface area (Å²) in [7, 11) is 0. The lowest BCUT2D eigenvalue weighted by Gasteiger charge is -2.16. The summed E-state index contributed by atoms with van der Waals surface area (Å²) in [5.74, 6) is -2.56. The molecule has 6 nitrogen and oxygen atoms in total. The van der Waals surface area contributed by atoms with Gasteiger partial charge in [0.2, 0.25) is 0 Å². The molecule has 0 spiro atoms. The molecular formula is C16H12N2O4. The summed E-state index contributed by atoms with van der Waals surface area (Å²) in [6, 6.07) is 9.69. The minimum absolute atomic E-state index is 0.233. The maximum absolute atomic E-state index is 12.2. The highest BCUT2D eigenvalue weighted by Crippen LogP contribution is 2.24. The number of nitrogens with zero attached hydrogens (tertiary/aromatic N) is 2. The Labute approximate surface area is 126 Å². The van der Waals surface area contributed by atoms with E-state index in [0.717, 1.165) is 0 Å². The summed E-state index contributed by atoms with van der Waals surface area (Å²) in [4.78, 5) is 45.3. The number of hydrogen-bond donors (Lipinski definition) is 0. The number of carbonyl (C=O) groups is 3. The van der Waals surface area contributed by atoms with E-state index in [1.807, 2.05) is 0 Å². The van der Waals surface area contributed by atoms with Crippen molar-refractivity contribution in [2.75, 3.05) is 0 Å². The number of pyridine rings is 1. The Kier molecular flexibility index (Phi) is 3.42. The van der Waals surface area contributed by atoms with Gasteiger partial charge in [0.25, 0.3) is 11.8 Å². The fourth-order valence-corrected chi connectivity index (χ4v) is 2.21. The fraction of sp³-hybridized carbons (Fsp3) is 0.125. The number of hydroxylamine groups is 2. The van der Waals surface area contributed by atoms with Crippen LogP contribution in [0.5, 0.6) is 0 Å². The van der Waals surface area contributed by atoms with Gasteiger partial charge in [-0.1, -0.05) is 17.2 Å². The van der Waals surface area contributed by atoms with Crippen molar-refractivity contribution in [1.82, 2.24) is 10.0 Å². The van der Waals surface area contributed by atoms with E-state index in [0.29, 0.717) is 10.6 Å². The van der Waals surface area contributed by atoms with Crippen molar-refractivity contribution in [3.63, 3.8) is 0 Å². The molecule has 1 aromatic carbocycles. The Hall–Kier alpha value is -3.02. The summed E-state index contributed by atoms with van der Waals surface area (Å²) in [5.41, 5.74) is 1.16. The second-order valence-electron chi connectivity index (χ2n) is 4.86. The van der Waals surface area contributed by atoms with Crippen LogP contribution in [-0.2, 0) is 9.63 Å². The second-order valence-corrected chi connectivity index (χ2v) is 4.86. The molecule has 3 rings (SSSR count). The van der Waals surface area contributed by atoms with Crippen LogP contribution in [0.4, 0.5) is 0 Å². The number of fused-ring (bicyclic) bond motifs is 1. The summed E-state index contributed by atoms with van der Waals surface area (Å²) in [5, 5.41) is 0.519. The van der Waals surface area contributed by atoms with Crippen molar-refractivity contribution in [3.8, 4) is 0 Å². The van der Waals surface area contributed by atoms with Gasteiger partial charge in [0.15, 0.2) is 0 Å². The maximum atomic E-state index is 12.2. The van der Waals surface area contributed by atoms with Crippen molar-refractivity contribution in [2.24, 2.45) is 0 Å². The molecule has 6 heteroatoms. The van der Waals surface area contributed by atoms with Crippen LogP contribution in [0.25, 0.3) is 0 Å². The van der Waals surface area contributed by atoms with Gasteiger partial charge in [-0.2, -0.15) is 0 Å². The van der Waals surface area contributed by atoms with Crippen molar-refractivity contribution >= 4 is 17.8 Å². The molecule has 1 aromatic heterocycles. The molecule has 2 heterocycles. The molecule has 2 aromatic rings. The molecule has 22 heavy (non-hydrogen) atoms. The Morgan fingerprint density at radius 2 is 1.59 bits per heavy atom. The summed E-state index contributed by atoms with van der Waals surface area (Å²) in [6.07, 6.45) is 3.11. The Balaban J connectivity index is 1.79. The molecule has 0 radical (unpaired) electrons. The van der Waals surface area contributed by atoms with Crippen molar-refractivity contribution in [1.29, 1.82) is 0 Å². The van der Waals surface area contributed by atoms with Gasteiger partial charge in [0.05, 0.1) is 17.0 Å². The summed E-state index contributed by atoms with van der Waals surface area (Å²) >= 11 is 0. The molecule has 0 aliphatic carbocycles. The Morgan fingerprint density at radius 1 is 1.05 bits per heavy atom. The molecular weight excluding hydrogens is 284 g/mol. The number of benzene rings is 1. The van der Waals surface area contributed by atoms with Crippen molar-refractivity contribution in [2.45, 2.75) is 12.8 Å². The molecule has 2 amide bonds. The highest BCUT2D eigenvalue weighted by Gasteiger charge is 2.39. The van der Waals surface area contributed by atoms with E-state index in [1.165, 1.54) is 12.1 Å². The molecule has 1 aliphatic rings. The molecule has 1 unspecified atom stereocenters. The Morgan fingerprint density at radius 3 is 2.14 bits per heavy atom. The largest absolute Gasteiger partial charge is 0.340 e. The zero-order valence-corrected chi connectivity index (χ0v) is 11.7. The van der Waals surface area contributed by atoms with Gasteiger partial charge in [-0.05, 0) is 36.8 Å². The topological polar surface area (TPSA) is 76.6 Å². The van der Waals surface area contributed by atoms with Gasteiger partial charge in [-0.15, -0.1) is 0 Å². The van der Waals surface area contributed by atoms with E-state index in [4.69, 9.17) is 4.84 Å². The Bertz CT molecular complexity index is 723. The lowest BCUT2D eigenvalue weighted by Crippen LogP contribution is -2.34. The molecule has 0 saturated carbocycles. The molecule has 0 fully saturated rings. The third-order valence-corrected chi connectivity index (χ3v) is 3.50. The van der Waals surface area contributed by atoms with Crippen LogP contribution in [0.3, 0.4) is 0 Å². The predicted molar refractivity (Wildman–Crippen MR) is 75.7 cm³/mol. The minimum atomic E-state index is -0.680. The van der Waals surface area contributed by atoms with E-state index < -0.39 is 23.7 Å². The average Bonchev–Trinajstić information content (AvgIpc) is 2.80. The predicted octanol–water partition coefficient (Wildman–Crippen LogP) is 1.94. The van der Waals surface area contributed by atoms with Gasteiger partial charge in [-0.25, -0.2) is 4.79 Å². The highest BCUT2D eigenvalue weighted by atomic mass is 16.7. The van der Waals surface area contributed by atoms with E-state index in [2.05, 4.69) is 4.98 Å². The summed E-state index contributed by atoms with van der Waals surface area (Å²) in [6.45, 7) is 1.63. The zero-order chi connectivity index (χ0) is 15.7. The number of aromatic nitrogens is 1. The van der Waals surface area contributed by atoms with Crippen LogP contribution in [0.1, 0.15) is 39.1 Å². The lowest BCUT2D eigenvalue weighted by atomic mass is 10.0. The first-order chi connectivity index (χ1) is 10.6. The number of rotatable bonds is 3. The third kappa shape index (κ3) is 2.24. The van der Waals surface area contributed by atoms with Gasteiger partial charge >= 0.3 is 5.97 Å². The average molecular weight is 296 g/mol. The van der Waals surface area contributed by atoms with E-state index >= 15 is 0 Å². The van der Waals surface area contributed by atoms with Crippen LogP contribution in [0.2, 0.25) is 0 Å². The second kappa shape index (κ2) is 5.40. The molecule has 110 valence electrons. The van der Waals surface area contributed by atoms with E-state index in [1.54, 1.807) is 43.6 Å². The maximum Gasteiger partial charge on any atom is 0.340 e. The standard InChI is InChI=1S/C16H12N2O4/c1-10(11-6-8-17-9-7-11)16(21)22-18-14(19)12-4-2-3-5-13(12)15(18)20/h2-10H,1H3. The van der Waals surface area contributed by atoms with Crippen LogP contribution >= 0.6 is 0 Å². The number of carbonyl (C=O) groups excluding carboxylic acids is 3. The van der Waals surface area contributed by atoms with Crippen LogP contribution in [0, 0.1) is 0 Å². The first kappa shape index (κ1) is 13.9.